The number of hydrogen-bond donors (Lipinski definition) is 2. The fraction of sp³-hybridized carbons (Fsp3) is 0.200. The molecule has 5 nitrogen and oxygen atoms in total. The van der Waals surface area contributed by atoms with Crippen LogP contribution in [0.1, 0.15) is 11.3 Å². The largest absolute Gasteiger partial charge is 0.393 e. The average molecular weight is 300 g/mol. The summed E-state index contributed by atoms with van der Waals surface area (Å²) in [5.74, 6) is -0.726. The lowest BCUT2D eigenvalue weighted by molar-refractivity contribution is -0.123. The first-order chi connectivity index (χ1) is 10.2. The predicted molar refractivity (Wildman–Crippen MR) is 84.3 cm³/mol. The molecule has 1 heterocycles. The van der Waals surface area contributed by atoms with Crippen LogP contribution in [0.3, 0.4) is 0 Å². The van der Waals surface area contributed by atoms with Crippen LogP contribution < -0.4 is 11.1 Å². The standard InChI is InChI=1S/C15H16N4OS/c16-14(21)13(9-11-5-2-1-3-6-11)15(20)17-10-12-7-4-8-18-19-12/h1-8,13H,9-10H2,(H2,16,21)(H,17,20). The maximum Gasteiger partial charge on any atom is 0.230 e. The Bertz CT molecular complexity index is 604. The Balaban J connectivity index is 1.98. The minimum absolute atomic E-state index is 0.190. The van der Waals surface area contributed by atoms with Gasteiger partial charge in [0.1, 0.15) is 0 Å². The zero-order chi connectivity index (χ0) is 15.1. The lowest BCUT2D eigenvalue weighted by Crippen LogP contribution is -2.39. The number of nitrogens with zero attached hydrogens (tertiary/aromatic N) is 2. The number of rotatable bonds is 6. The van der Waals surface area contributed by atoms with Gasteiger partial charge in [0.15, 0.2) is 0 Å². The van der Waals surface area contributed by atoms with Gasteiger partial charge in [-0.3, -0.25) is 4.79 Å². The number of amides is 1. The smallest absolute Gasteiger partial charge is 0.230 e. The third-order valence-corrected chi connectivity index (χ3v) is 3.30. The Labute approximate surface area is 128 Å². The molecule has 0 saturated heterocycles. The Morgan fingerprint density at radius 2 is 2.00 bits per heavy atom. The Hall–Kier alpha value is -2.34. The van der Waals surface area contributed by atoms with Gasteiger partial charge in [0.2, 0.25) is 5.91 Å². The van der Waals surface area contributed by atoms with E-state index in [1.165, 1.54) is 0 Å². The van der Waals surface area contributed by atoms with E-state index in [1.54, 1.807) is 18.3 Å². The molecule has 1 unspecified atom stereocenters. The van der Waals surface area contributed by atoms with Crippen LogP contribution in [0, 0.1) is 5.92 Å². The molecule has 3 N–H and O–H groups in total. The number of nitrogens with one attached hydrogen (secondary N) is 1. The third-order valence-electron chi connectivity index (χ3n) is 3.01. The summed E-state index contributed by atoms with van der Waals surface area (Å²) in [7, 11) is 0. The lowest BCUT2D eigenvalue weighted by atomic mass is 9.98. The van der Waals surface area contributed by atoms with E-state index >= 15 is 0 Å². The van der Waals surface area contributed by atoms with Gasteiger partial charge in [-0.1, -0.05) is 42.5 Å². The number of hydrogen-bond acceptors (Lipinski definition) is 4. The van der Waals surface area contributed by atoms with Crippen LogP contribution in [0.25, 0.3) is 0 Å². The molecule has 0 aliphatic carbocycles. The molecular weight excluding hydrogens is 284 g/mol. The van der Waals surface area contributed by atoms with Crippen molar-refractivity contribution in [1.82, 2.24) is 15.5 Å². The molecule has 1 atom stereocenters. The van der Waals surface area contributed by atoms with E-state index in [0.717, 1.165) is 5.56 Å². The Kier molecular flexibility index (Phi) is 5.34. The quantitative estimate of drug-likeness (QED) is 0.785. The molecule has 0 spiro atoms. The van der Waals surface area contributed by atoms with Crippen molar-refractivity contribution < 1.29 is 4.79 Å². The van der Waals surface area contributed by atoms with Crippen molar-refractivity contribution >= 4 is 23.1 Å². The third kappa shape index (κ3) is 4.61. The summed E-state index contributed by atoms with van der Waals surface area (Å²) in [5.41, 5.74) is 7.40. The number of nitrogens with two attached hydrogens (primary N) is 1. The topological polar surface area (TPSA) is 80.9 Å². The molecule has 0 aliphatic heterocycles. The van der Waals surface area contributed by atoms with Gasteiger partial charge in [-0.05, 0) is 24.1 Å². The molecule has 0 aliphatic rings. The Morgan fingerprint density at radius 3 is 2.62 bits per heavy atom. The maximum absolute atomic E-state index is 12.2. The van der Waals surface area contributed by atoms with Gasteiger partial charge in [-0.25, -0.2) is 0 Å². The van der Waals surface area contributed by atoms with E-state index < -0.39 is 5.92 Å². The summed E-state index contributed by atoms with van der Waals surface area (Å²) >= 11 is 5.01. The molecule has 0 bridgehead atoms. The first-order valence-electron chi connectivity index (χ1n) is 6.54. The van der Waals surface area contributed by atoms with Crippen molar-refractivity contribution in [2.45, 2.75) is 13.0 Å². The molecule has 6 heteroatoms. The highest BCUT2D eigenvalue weighted by Crippen LogP contribution is 2.10. The Morgan fingerprint density at radius 1 is 1.24 bits per heavy atom. The van der Waals surface area contributed by atoms with E-state index in [4.69, 9.17) is 18.0 Å². The van der Waals surface area contributed by atoms with Crippen LogP contribution >= 0.6 is 12.2 Å². The first kappa shape index (κ1) is 15.1. The minimum atomic E-state index is -0.529. The summed E-state index contributed by atoms with van der Waals surface area (Å²) in [4.78, 5) is 12.4. The van der Waals surface area contributed by atoms with Gasteiger partial charge in [-0.2, -0.15) is 10.2 Å². The molecule has 1 aromatic carbocycles. The monoisotopic (exact) mass is 300 g/mol. The molecule has 1 aromatic heterocycles. The van der Waals surface area contributed by atoms with Crippen LogP contribution in [0.4, 0.5) is 0 Å². The molecule has 1 amide bonds. The van der Waals surface area contributed by atoms with E-state index in [9.17, 15) is 4.79 Å². The summed E-state index contributed by atoms with van der Waals surface area (Å²) in [5, 5.41) is 10.5. The van der Waals surface area contributed by atoms with Gasteiger partial charge in [0, 0.05) is 6.20 Å². The first-order valence-corrected chi connectivity index (χ1v) is 6.95. The van der Waals surface area contributed by atoms with Gasteiger partial charge >= 0.3 is 0 Å². The van der Waals surface area contributed by atoms with Crippen LogP contribution in [-0.4, -0.2) is 21.1 Å². The zero-order valence-electron chi connectivity index (χ0n) is 11.4. The highest BCUT2D eigenvalue weighted by Gasteiger charge is 2.21. The number of carbonyl (C=O) groups is 1. The fourth-order valence-electron chi connectivity index (χ4n) is 1.90. The van der Waals surface area contributed by atoms with Crippen LogP contribution in [0.2, 0.25) is 0 Å². The van der Waals surface area contributed by atoms with Crippen molar-refractivity contribution in [1.29, 1.82) is 0 Å². The van der Waals surface area contributed by atoms with Crippen molar-refractivity contribution in [2.75, 3.05) is 0 Å². The van der Waals surface area contributed by atoms with Crippen molar-refractivity contribution in [2.24, 2.45) is 11.7 Å². The summed E-state index contributed by atoms with van der Waals surface area (Å²) in [6, 6.07) is 13.2. The highest BCUT2D eigenvalue weighted by molar-refractivity contribution is 7.80. The molecule has 108 valence electrons. The van der Waals surface area contributed by atoms with Gasteiger partial charge in [0.25, 0.3) is 0 Å². The zero-order valence-corrected chi connectivity index (χ0v) is 12.2. The number of aromatic nitrogens is 2. The van der Waals surface area contributed by atoms with E-state index in [0.29, 0.717) is 18.7 Å². The van der Waals surface area contributed by atoms with E-state index in [-0.39, 0.29) is 10.9 Å². The van der Waals surface area contributed by atoms with Crippen molar-refractivity contribution in [3.63, 3.8) is 0 Å². The highest BCUT2D eigenvalue weighted by atomic mass is 32.1. The van der Waals surface area contributed by atoms with Crippen molar-refractivity contribution in [3.8, 4) is 0 Å². The number of thiocarbonyl (C=S) groups is 1. The molecule has 2 rings (SSSR count). The van der Waals surface area contributed by atoms with Crippen molar-refractivity contribution in [3.05, 3.63) is 59.9 Å². The molecule has 2 aromatic rings. The second kappa shape index (κ2) is 7.44. The second-order valence-electron chi connectivity index (χ2n) is 4.58. The molecular formula is C15H16N4OS. The minimum Gasteiger partial charge on any atom is -0.393 e. The average Bonchev–Trinajstić information content (AvgIpc) is 2.52. The second-order valence-corrected chi connectivity index (χ2v) is 5.05. The van der Waals surface area contributed by atoms with Gasteiger partial charge < -0.3 is 11.1 Å². The summed E-state index contributed by atoms with van der Waals surface area (Å²) < 4.78 is 0. The van der Waals surface area contributed by atoms with Crippen LogP contribution in [-0.2, 0) is 17.8 Å². The van der Waals surface area contributed by atoms with E-state index in [2.05, 4.69) is 15.5 Å². The summed E-state index contributed by atoms with van der Waals surface area (Å²) in [6.45, 7) is 0.306. The summed E-state index contributed by atoms with van der Waals surface area (Å²) in [6.07, 6.45) is 2.07. The normalized spacial score (nSPS) is 11.6. The van der Waals surface area contributed by atoms with E-state index in [1.807, 2.05) is 30.3 Å². The predicted octanol–water partition coefficient (Wildman–Crippen LogP) is 1.24. The van der Waals surface area contributed by atoms with Crippen LogP contribution in [0.5, 0.6) is 0 Å². The number of carbonyl (C=O) groups excluding carboxylic acids is 1. The molecule has 0 fully saturated rings. The molecule has 21 heavy (non-hydrogen) atoms. The van der Waals surface area contributed by atoms with Crippen LogP contribution in [0.15, 0.2) is 48.7 Å². The van der Waals surface area contributed by atoms with Gasteiger partial charge in [-0.15, -0.1) is 0 Å². The SMILES string of the molecule is NC(=S)C(Cc1ccccc1)C(=O)NCc1cccnn1. The molecule has 0 saturated carbocycles. The van der Waals surface area contributed by atoms with Gasteiger partial charge in [0.05, 0.1) is 23.1 Å². The lowest BCUT2D eigenvalue weighted by Gasteiger charge is -2.15. The molecule has 0 radical (unpaired) electrons. The maximum atomic E-state index is 12.2. The number of benzene rings is 1. The fourth-order valence-corrected chi connectivity index (χ4v) is 2.09.